The molecule has 0 saturated carbocycles. The molecule has 3 heterocycles. The molecule has 6 heteroatoms. The Morgan fingerprint density at radius 1 is 1.50 bits per heavy atom. The summed E-state index contributed by atoms with van der Waals surface area (Å²) in [5.74, 6) is -0.0852. The zero-order valence-corrected chi connectivity index (χ0v) is 12.2. The molecule has 1 fully saturated rings. The number of amides is 1. The molecule has 5 nitrogen and oxygen atoms in total. The van der Waals surface area contributed by atoms with E-state index in [1.165, 1.54) is 0 Å². The van der Waals surface area contributed by atoms with Crippen LogP contribution in [-0.2, 0) is 4.74 Å². The third kappa shape index (κ3) is 2.39. The summed E-state index contributed by atoms with van der Waals surface area (Å²) in [6, 6.07) is 3.55. The Morgan fingerprint density at radius 3 is 2.90 bits per heavy atom. The van der Waals surface area contributed by atoms with Crippen molar-refractivity contribution in [2.45, 2.75) is 6.92 Å². The number of fused-ring (bicyclic) bond motifs is 1. The molecule has 1 aliphatic heterocycles. The predicted molar refractivity (Wildman–Crippen MR) is 76.1 cm³/mol. The Kier molecular flexibility index (Phi) is 3.18. The molecule has 0 spiro atoms. The largest absolute Gasteiger partial charge is 0.380 e. The second-order valence-electron chi connectivity index (χ2n) is 5.70. The lowest BCUT2D eigenvalue weighted by Crippen LogP contribution is -2.49. The third-order valence-electron chi connectivity index (χ3n) is 3.50. The van der Waals surface area contributed by atoms with E-state index >= 15 is 0 Å². The number of nitrogens with zero attached hydrogens (tertiary/aromatic N) is 3. The van der Waals surface area contributed by atoms with Crippen molar-refractivity contribution in [2.24, 2.45) is 5.41 Å². The summed E-state index contributed by atoms with van der Waals surface area (Å²) < 4.78 is 6.97. The first-order valence-electron chi connectivity index (χ1n) is 6.44. The fourth-order valence-corrected chi connectivity index (χ4v) is 2.62. The molecule has 0 radical (unpaired) electrons. The van der Waals surface area contributed by atoms with Gasteiger partial charge in [0, 0.05) is 31.4 Å². The van der Waals surface area contributed by atoms with Crippen molar-refractivity contribution < 1.29 is 9.53 Å². The minimum absolute atomic E-state index is 0.0624. The summed E-state index contributed by atoms with van der Waals surface area (Å²) in [4.78, 5) is 18.4. The van der Waals surface area contributed by atoms with Crippen LogP contribution in [0.4, 0.5) is 0 Å². The molecular weight excluding hydrogens is 278 g/mol. The van der Waals surface area contributed by atoms with E-state index in [9.17, 15) is 4.79 Å². The van der Waals surface area contributed by atoms with Crippen LogP contribution in [0.15, 0.2) is 24.5 Å². The van der Waals surface area contributed by atoms with Crippen molar-refractivity contribution in [2.75, 3.05) is 26.8 Å². The fourth-order valence-electron chi connectivity index (χ4n) is 2.45. The molecule has 1 saturated heterocycles. The number of ether oxygens (including phenoxy) is 1. The fraction of sp³-hybridized carbons (Fsp3) is 0.429. The van der Waals surface area contributed by atoms with Crippen molar-refractivity contribution in [3.8, 4) is 0 Å². The van der Waals surface area contributed by atoms with Crippen LogP contribution < -0.4 is 0 Å². The Hall–Kier alpha value is -1.59. The zero-order chi connectivity index (χ0) is 14.3. The van der Waals surface area contributed by atoms with Crippen molar-refractivity contribution >= 4 is 23.2 Å². The van der Waals surface area contributed by atoms with E-state index in [1.807, 2.05) is 0 Å². The number of hydrogen-bond donors (Lipinski definition) is 0. The highest BCUT2D eigenvalue weighted by Crippen LogP contribution is 2.27. The maximum atomic E-state index is 12.4. The van der Waals surface area contributed by atoms with Crippen LogP contribution in [0, 0.1) is 5.41 Å². The first kappa shape index (κ1) is 13.4. The lowest BCUT2D eigenvalue weighted by Gasteiger charge is -2.40. The van der Waals surface area contributed by atoms with Gasteiger partial charge in [-0.15, -0.1) is 0 Å². The molecule has 2 aromatic heterocycles. The molecule has 106 valence electrons. The molecule has 0 atom stereocenters. The summed E-state index contributed by atoms with van der Waals surface area (Å²) >= 11 is 5.93. The number of rotatable bonds is 3. The van der Waals surface area contributed by atoms with Gasteiger partial charge in [0.25, 0.3) is 5.91 Å². The topological polar surface area (TPSA) is 46.8 Å². The molecule has 1 amide bonds. The molecule has 0 bridgehead atoms. The van der Waals surface area contributed by atoms with Crippen molar-refractivity contribution in [3.05, 3.63) is 35.2 Å². The molecule has 2 aromatic rings. The highest BCUT2D eigenvalue weighted by Gasteiger charge is 2.35. The van der Waals surface area contributed by atoms with Gasteiger partial charge in [0.05, 0.1) is 18.2 Å². The molecule has 3 rings (SSSR count). The van der Waals surface area contributed by atoms with Crippen LogP contribution in [0.2, 0.25) is 5.02 Å². The quantitative estimate of drug-likeness (QED) is 0.870. The van der Waals surface area contributed by atoms with Crippen LogP contribution in [0.3, 0.4) is 0 Å². The Labute approximate surface area is 122 Å². The van der Waals surface area contributed by atoms with Crippen LogP contribution in [-0.4, -0.2) is 47.0 Å². The number of halogens is 1. The number of carbonyl (C=O) groups excluding carboxylic acids is 1. The number of pyridine rings is 1. The lowest BCUT2D eigenvalue weighted by atomic mass is 9.88. The predicted octanol–water partition coefficient (Wildman–Crippen LogP) is 2.10. The van der Waals surface area contributed by atoms with E-state index in [0.717, 1.165) is 0 Å². The van der Waals surface area contributed by atoms with Gasteiger partial charge in [-0.25, -0.2) is 4.98 Å². The average molecular weight is 294 g/mol. The molecule has 0 unspecified atom stereocenters. The van der Waals surface area contributed by atoms with Gasteiger partial charge in [-0.2, -0.15) is 0 Å². The standard InChI is InChI=1S/C14H16ClN3O2/c1-14(8-20-9-14)7-17(2)13(19)11-6-18-5-10(15)3-4-12(18)16-11/h3-6H,7-9H2,1-2H3. The van der Waals surface area contributed by atoms with Gasteiger partial charge in [0.2, 0.25) is 0 Å². The molecule has 0 aliphatic carbocycles. The van der Waals surface area contributed by atoms with Gasteiger partial charge in [0.1, 0.15) is 11.3 Å². The Balaban J connectivity index is 1.80. The summed E-state index contributed by atoms with van der Waals surface area (Å²) in [5.41, 5.74) is 1.20. The van der Waals surface area contributed by atoms with Crippen molar-refractivity contribution in [1.82, 2.24) is 14.3 Å². The first-order chi connectivity index (χ1) is 9.47. The zero-order valence-electron chi connectivity index (χ0n) is 11.5. The number of carbonyl (C=O) groups is 1. The minimum atomic E-state index is -0.0852. The maximum absolute atomic E-state index is 12.4. The summed E-state index contributed by atoms with van der Waals surface area (Å²) in [5, 5.41) is 0.612. The maximum Gasteiger partial charge on any atom is 0.273 e. The first-order valence-corrected chi connectivity index (χ1v) is 6.82. The molecular formula is C14H16ClN3O2. The van der Waals surface area contributed by atoms with Gasteiger partial charge in [-0.05, 0) is 12.1 Å². The van der Waals surface area contributed by atoms with Crippen LogP contribution in [0.1, 0.15) is 17.4 Å². The summed E-state index contributed by atoms with van der Waals surface area (Å²) in [6.45, 7) is 4.18. The Morgan fingerprint density at radius 2 is 2.25 bits per heavy atom. The third-order valence-corrected chi connectivity index (χ3v) is 3.72. The van der Waals surface area contributed by atoms with Gasteiger partial charge < -0.3 is 14.0 Å². The average Bonchev–Trinajstić information content (AvgIpc) is 2.78. The summed E-state index contributed by atoms with van der Waals surface area (Å²) in [6.07, 6.45) is 3.45. The highest BCUT2D eigenvalue weighted by atomic mass is 35.5. The van der Waals surface area contributed by atoms with Gasteiger partial charge >= 0.3 is 0 Å². The minimum Gasteiger partial charge on any atom is -0.380 e. The van der Waals surface area contributed by atoms with Crippen LogP contribution in [0.25, 0.3) is 5.65 Å². The second-order valence-corrected chi connectivity index (χ2v) is 6.14. The SMILES string of the molecule is CN(CC1(C)COC1)C(=O)c1cn2cc(Cl)ccc2n1. The van der Waals surface area contributed by atoms with E-state index in [1.54, 1.807) is 40.9 Å². The summed E-state index contributed by atoms with van der Waals surface area (Å²) in [7, 11) is 1.79. The van der Waals surface area contributed by atoms with E-state index < -0.39 is 0 Å². The van der Waals surface area contributed by atoms with E-state index in [-0.39, 0.29) is 11.3 Å². The number of aromatic nitrogens is 2. The number of hydrogen-bond acceptors (Lipinski definition) is 3. The van der Waals surface area contributed by atoms with E-state index in [2.05, 4.69) is 11.9 Å². The van der Waals surface area contributed by atoms with Gasteiger partial charge in [0.15, 0.2) is 0 Å². The second kappa shape index (κ2) is 4.75. The number of imidazole rings is 1. The molecule has 0 N–H and O–H groups in total. The lowest BCUT2D eigenvalue weighted by molar-refractivity contribution is -0.109. The van der Waals surface area contributed by atoms with Crippen LogP contribution in [0.5, 0.6) is 0 Å². The van der Waals surface area contributed by atoms with Crippen molar-refractivity contribution in [1.29, 1.82) is 0 Å². The molecule has 0 aromatic carbocycles. The van der Waals surface area contributed by atoms with Crippen molar-refractivity contribution in [3.63, 3.8) is 0 Å². The normalized spacial score (nSPS) is 16.9. The van der Waals surface area contributed by atoms with E-state index in [0.29, 0.717) is 36.1 Å². The molecule has 20 heavy (non-hydrogen) atoms. The van der Waals surface area contributed by atoms with E-state index in [4.69, 9.17) is 16.3 Å². The van der Waals surface area contributed by atoms with Gasteiger partial charge in [-0.1, -0.05) is 18.5 Å². The molecule has 1 aliphatic rings. The van der Waals surface area contributed by atoms with Gasteiger partial charge in [-0.3, -0.25) is 4.79 Å². The smallest absolute Gasteiger partial charge is 0.273 e. The highest BCUT2D eigenvalue weighted by molar-refractivity contribution is 6.30. The van der Waals surface area contributed by atoms with Crippen LogP contribution >= 0.6 is 11.6 Å². The Bertz CT molecular complexity index is 663. The monoisotopic (exact) mass is 293 g/mol.